The number of aromatic nitrogens is 3. The summed E-state index contributed by atoms with van der Waals surface area (Å²) in [5, 5.41) is 9.38. The molecule has 0 aromatic carbocycles. The third-order valence-corrected chi connectivity index (χ3v) is 4.09. The van der Waals surface area contributed by atoms with Crippen molar-refractivity contribution in [2.45, 2.75) is 25.8 Å². The summed E-state index contributed by atoms with van der Waals surface area (Å²) in [6.07, 6.45) is 7.30. The molecule has 1 saturated heterocycles. The van der Waals surface area contributed by atoms with Crippen molar-refractivity contribution in [3.63, 3.8) is 0 Å². The predicted octanol–water partition coefficient (Wildman–Crippen LogP) is 1.71. The van der Waals surface area contributed by atoms with Crippen molar-refractivity contribution < 1.29 is 0 Å². The SMILES string of the molecule is Cn1ccnc1Cn1c(C#N)cc(N)c1N1CCCCC1. The number of nitriles is 1. The minimum atomic E-state index is 0.565. The van der Waals surface area contributed by atoms with Crippen LogP contribution in [0.15, 0.2) is 18.5 Å². The zero-order valence-corrected chi connectivity index (χ0v) is 12.3. The molecule has 3 rings (SSSR count). The Bertz CT molecular complexity index is 669. The Balaban J connectivity index is 2.00. The fraction of sp³-hybridized carbons (Fsp3) is 0.467. The summed E-state index contributed by atoms with van der Waals surface area (Å²) in [5.41, 5.74) is 7.45. The van der Waals surface area contributed by atoms with Crippen molar-refractivity contribution >= 4 is 11.5 Å². The number of aryl methyl sites for hydroxylation is 1. The minimum absolute atomic E-state index is 0.565. The van der Waals surface area contributed by atoms with E-state index in [0.29, 0.717) is 17.9 Å². The fourth-order valence-corrected chi connectivity index (χ4v) is 2.96. The van der Waals surface area contributed by atoms with Gasteiger partial charge in [-0.05, 0) is 25.3 Å². The van der Waals surface area contributed by atoms with Gasteiger partial charge < -0.3 is 19.8 Å². The largest absolute Gasteiger partial charge is 0.396 e. The van der Waals surface area contributed by atoms with E-state index in [2.05, 4.69) is 16.0 Å². The third kappa shape index (κ3) is 2.47. The summed E-state index contributed by atoms with van der Waals surface area (Å²) in [5.74, 6) is 1.88. The molecule has 0 aliphatic carbocycles. The molecule has 2 aromatic rings. The van der Waals surface area contributed by atoms with Gasteiger partial charge in [-0.2, -0.15) is 5.26 Å². The number of piperidine rings is 1. The lowest BCUT2D eigenvalue weighted by Gasteiger charge is -2.30. The molecule has 0 spiro atoms. The zero-order valence-electron chi connectivity index (χ0n) is 12.3. The van der Waals surface area contributed by atoms with Gasteiger partial charge in [0.05, 0.1) is 12.2 Å². The van der Waals surface area contributed by atoms with Crippen LogP contribution in [0.25, 0.3) is 0 Å². The fourth-order valence-electron chi connectivity index (χ4n) is 2.96. The smallest absolute Gasteiger partial charge is 0.133 e. The lowest BCUT2D eigenvalue weighted by atomic mass is 10.1. The third-order valence-electron chi connectivity index (χ3n) is 4.09. The van der Waals surface area contributed by atoms with Crippen LogP contribution < -0.4 is 10.6 Å². The minimum Gasteiger partial charge on any atom is -0.396 e. The Kier molecular flexibility index (Phi) is 3.57. The van der Waals surface area contributed by atoms with E-state index in [1.807, 2.05) is 22.4 Å². The van der Waals surface area contributed by atoms with E-state index >= 15 is 0 Å². The molecule has 0 atom stereocenters. The van der Waals surface area contributed by atoms with E-state index in [9.17, 15) is 5.26 Å². The second kappa shape index (κ2) is 5.52. The molecule has 2 aromatic heterocycles. The van der Waals surface area contributed by atoms with Crippen molar-refractivity contribution in [2.24, 2.45) is 7.05 Å². The lowest BCUT2D eigenvalue weighted by molar-refractivity contribution is 0.561. The van der Waals surface area contributed by atoms with Crippen LogP contribution >= 0.6 is 0 Å². The number of rotatable bonds is 3. The van der Waals surface area contributed by atoms with Crippen LogP contribution in [0.2, 0.25) is 0 Å². The molecule has 2 N–H and O–H groups in total. The number of nitrogen functional groups attached to an aromatic ring is 1. The van der Waals surface area contributed by atoms with Gasteiger partial charge in [0.2, 0.25) is 0 Å². The molecular weight excluding hydrogens is 264 g/mol. The average Bonchev–Trinajstić information content (AvgIpc) is 3.04. The predicted molar refractivity (Wildman–Crippen MR) is 81.9 cm³/mol. The van der Waals surface area contributed by atoms with Crippen LogP contribution in [-0.4, -0.2) is 27.2 Å². The highest BCUT2D eigenvalue weighted by Gasteiger charge is 2.21. The summed E-state index contributed by atoms with van der Waals surface area (Å²) in [6.45, 7) is 2.56. The van der Waals surface area contributed by atoms with Crippen LogP contribution in [-0.2, 0) is 13.6 Å². The molecule has 21 heavy (non-hydrogen) atoms. The van der Waals surface area contributed by atoms with Gasteiger partial charge in [0.1, 0.15) is 23.4 Å². The van der Waals surface area contributed by atoms with Gasteiger partial charge in [-0.25, -0.2) is 4.98 Å². The Morgan fingerprint density at radius 3 is 2.71 bits per heavy atom. The van der Waals surface area contributed by atoms with Crippen molar-refractivity contribution in [2.75, 3.05) is 23.7 Å². The van der Waals surface area contributed by atoms with Gasteiger partial charge in [0.25, 0.3) is 0 Å². The molecule has 6 nitrogen and oxygen atoms in total. The van der Waals surface area contributed by atoms with Gasteiger partial charge in [-0.1, -0.05) is 0 Å². The molecule has 3 heterocycles. The maximum absolute atomic E-state index is 9.38. The van der Waals surface area contributed by atoms with Gasteiger partial charge in [-0.3, -0.25) is 0 Å². The average molecular weight is 284 g/mol. The van der Waals surface area contributed by atoms with Crippen LogP contribution in [0.3, 0.4) is 0 Å². The Morgan fingerprint density at radius 2 is 2.10 bits per heavy atom. The Hall–Kier alpha value is -2.42. The number of hydrogen-bond acceptors (Lipinski definition) is 4. The summed E-state index contributed by atoms with van der Waals surface area (Å²) in [6, 6.07) is 4.02. The first kappa shape index (κ1) is 13.6. The van der Waals surface area contributed by atoms with Gasteiger partial charge >= 0.3 is 0 Å². The van der Waals surface area contributed by atoms with E-state index in [1.54, 1.807) is 12.3 Å². The molecule has 0 radical (unpaired) electrons. The van der Waals surface area contributed by atoms with Crippen molar-refractivity contribution in [1.82, 2.24) is 14.1 Å². The topological polar surface area (TPSA) is 75.8 Å². The molecule has 1 fully saturated rings. The number of nitrogens with two attached hydrogens (primary N) is 1. The lowest BCUT2D eigenvalue weighted by Crippen LogP contribution is -2.32. The van der Waals surface area contributed by atoms with Gasteiger partial charge in [-0.15, -0.1) is 0 Å². The summed E-state index contributed by atoms with van der Waals surface area (Å²) >= 11 is 0. The molecule has 0 bridgehead atoms. The number of imidazole rings is 1. The highest BCUT2D eigenvalue weighted by Crippen LogP contribution is 2.30. The summed E-state index contributed by atoms with van der Waals surface area (Å²) < 4.78 is 3.96. The van der Waals surface area contributed by atoms with E-state index in [1.165, 1.54) is 19.3 Å². The molecule has 1 aliphatic rings. The highest BCUT2D eigenvalue weighted by atomic mass is 15.3. The van der Waals surface area contributed by atoms with E-state index in [0.717, 1.165) is 24.7 Å². The Morgan fingerprint density at radius 1 is 1.33 bits per heavy atom. The van der Waals surface area contributed by atoms with Crippen molar-refractivity contribution in [3.8, 4) is 6.07 Å². The molecule has 6 heteroatoms. The molecule has 110 valence electrons. The van der Waals surface area contributed by atoms with Crippen molar-refractivity contribution in [1.29, 1.82) is 5.26 Å². The van der Waals surface area contributed by atoms with Crippen LogP contribution in [0.1, 0.15) is 30.8 Å². The maximum atomic E-state index is 9.38. The zero-order chi connectivity index (χ0) is 14.8. The standard InChI is InChI=1S/C15H20N6/c1-19-8-5-18-14(19)11-21-12(10-16)9-13(17)15(21)20-6-3-2-4-7-20/h5,8-9H,2-4,6-7,11,17H2,1H3. The normalized spacial score (nSPS) is 15.1. The highest BCUT2D eigenvalue weighted by molar-refractivity contribution is 5.68. The first-order chi connectivity index (χ1) is 10.2. The maximum Gasteiger partial charge on any atom is 0.133 e. The van der Waals surface area contributed by atoms with E-state index in [4.69, 9.17) is 5.73 Å². The molecule has 0 saturated carbocycles. The first-order valence-corrected chi connectivity index (χ1v) is 7.31. The molecule has 0 amide bonds. The first-order valence-electron chi connectivity index (χ1n) is 7.31. The van der Waals surface area contributed by atoms with E-state index < -0.39 is 0 Å². The van der Waals surface area contributed by atoms with Crippen LogP contribution in [0, 0.1) is 11.3 Å². The second-order valence-electron chi connectivity index (χ2n) is 5.51. The Labute approximate surface area is 124 Å². The van der Waals surface area contributed by atoms with Crippen molar-refractivity contribution in [3.05, 3.63) is 30.0 Å². The molecular formula is C15H20N6. The number of hydrogen-bond donors (Lipinski definition) is 1. The summed E-state index contributed by atoms with van der Waals surface area (Å²) in [4.78, 5) is 6.65. The number of anilines is 2. The van der Waals surface area contributed by atoms with Gasteiger partial charge in [0, 0.05) is 32.5 Å². The van der Waals surface area contributed by atoms with Crippen LogP contribution in [0.4, 0.5) is 11.5 Å². The van der Waals surface area contributed by atoms with Crippen LogP contribution in [0.5, 0.6) is 0 Å². The monoisotopic (exact) mass is 284 g/mol. The van der Waals surface area contributed by atoms with Gasteiger partial charge in [0.15, 0.2) is 0 Å². The quantitative estimate of drug-likeness (QED) is 0.931. The molecule has 1 aliphatic heterocycles. The van der Waals surface area contributed by atoms with E-state index in [-0.39, 0.29) is 0 Å². The number of nitrogens with zero attached hydrogens (tertiary/aromatic N) is 5. The summed E-state index contributed by atoms with van der Waals surface area (Å²) in [7, 11) is 1.96. The molecule has 0 unspecified atom stereocenters. The second-order valence-corrected chi connectivity index (χ2v) is 5.51.